The molecule has 3 nitrogen and oxygen atoms in total. The van der Waals surface area contributed by atoms with Gasteiger partial charge in [0.25, 0.3) is 0 Å². The van der Waals surface area contributed by atoms with Gasteiger partial charge in [-0.05, 0) is 55.7 Å². The molecule has 0 saturated carbocycles. The third-order valence-electron chi connectivity index (χ3n) is 4.06. The molecule has 1 aliphatic rings. The van der Waals surface area contributed by atoms with Gasteiger partial charge in [0.05, 0.1) is 13.7 Å². The summed E-state index contributed by atoms with van der Waals surface area (Å²) in [6.45, 7) is 2.57. The molecule has 0 saturated heterocycles. The summed E-state index contributed by atoms with van der Waals surface area (Å²) < 4.78 is 10.9. The van der Waals surface area contributed by atoms with Crippen LogP contribution < -0.4 is 9.47 Å². The first kappa shape index (κ1) is 15.3. The van der Waals surface area contributed by atoms with Crippen LogP contribution in [0, 0.1) is 0 Å². The second-order valence-corrected chi connectivity index (χ2v) is 5.49. The monoisotopic (exact) mass is 308 g/mol. The molecule has 23 heavy (non-hydrogen) atoms. The Morgan fingerprint density at radius 2 is 1.96 bits per heavy atom. The first-order chi connectivity index (χ1) is 11.2. The Bertz CT molecular complexity index is 759. The minimum atomic E-state index is 0.0974. The third kappa shape index (κ3) is 3.14. The highest BCUT2D eigenvalue weighted by Crippen LogP contribution is 2.31. The first-order valence-electron chi connectivity index (χ1n) is 7.87. The minimum absolute atomic E-state index is 0.0974. The van der Waals surface area contributed by atoms with Crippen LogP contribution >= 0.6 is 0 Å². The normalized spacial score (nSPS) is 15.4. The smallest absolute Gasteiger partial charge is 0.189 e. The Balaban J connectivity index is 1.95. The van der Waals surface area contributed by atoms with Crippen LogP contribution in [0.1, 0.15) is 34.8 Å². The Labute approximate surface area is 136 Å². The second kappa shape index (κ2) is 6.69. The van der Waals surface area contributed by atoms with Crippen LogP contribution in [0.5, 0.6) is 11.5 Å². The van der Waals surface area contributed by atoms with E-state index in [9.17, 15) is 4.79 Å². The molecule has 2 aromatic rings. The lowest BCUT2D eigenvalue weighted by atomic mass is 9.86. The number of ether oxygens (including phenoxy) is 2. The van der Waals surface area contributed by atoms with Gasteiger partial charge in [0.1, 0.15) is 11.5 Å². The molecular formula is C20H20O3. The van der Waals surface area contributed by atoms with E-state index in [1.54, 1.807) is 7.11 Å². The van der Waals surface area contributed by atoms with Gasteiger partial charge in [-0.2, -0.15) is 0 Å². The number of benzene rings is 2. The number of carbonyl (C=O) groups excluding carboxylic acids is 1. The van der Waals surface area contributed by atoms with Crippen LogP contribution in [0.25, 0.3) is 6.08 Å². The van der Waals surface area contributed by atoms with E-state index in [1.165, 1.54) is 0 Å². The molecule has 0 N–H and O–H groups in total. The zero-order valence-electron chi connectivity index (χ0n) is 13.5. The Kier molecular flexibility index (Phi) is 4.47. The summed E-state index contributed by atoms with van der Waals surface area (Å²) in [5.74, 6) is 1.71. The van der Waals surface area contributed by atoms with Gasteiger partial charge in [-0.3, -0.25) is 4.79 Å². The van der Waals surface area contributed by atoms with Crippen LogP contribution in [0.2, 0.25) is 0 Å². The third-order valence-corrected chi connectivity index (χ3v) is 4.06. The molecule has 118 valence electrons. The zero-order valence-corrected chi connectivity index (χ0v) is 13.5. The van der Waals surface area contributed by atoms with E-state index in [4.69, 9.17) is 9.47 Å². The molecule has 1 aliphatic carbocycles. The summed E-state index contributed by atoms with van der Waals surface area (Å²) in [6, 6.07) is 13.5. The lowest BCUT2D eigenvalue weighted by Gasteiger charge is -2.18. The maximum Gasteiger partial charge on any atom is 0.189 e. The van der Waals surface area contributed by atoms with Crippen LogP contribution in [0.15, 0.2) is 48.0 Å². The van der Waals surface area contributed by atoms with Crippen molar-refractivity contribution in [1.82, 2.24) is 0 Å². The zero-order chi connectivity index (χ0) is 16.2. The molecule has 0 spiro atoms. The SMILES string of the molecule is CCOc1ccccc1/C=C1\CCc2cc(OC)ccc2C1=O. The maximum atomic E-state index is 12.7. The van der Waals surface area contributed by atoms with Gasteiger partial charge in [0.2, 0.25) is 0 Å². The summed E-state index contributed by atoms with van der Waals surface area (Å²) in [6.07, 6.45) is 3.54. The lowest BCUT2D eigenvalue weighted by molar-refractivity contribution is 0.102. The molecule has 0 atom stereocenters. The van der Waals surface area contributed by atoms with E-state index < -0.39 is 0 Å². The van der Waals surface area contributed by atoms with Gasteiger partial charge >= 0.3 is 0 Å². The Hall–Kier alpha value is -2.55. The van der Waals surface area contributed by atoms with Crippen molar-refractivity contribution in [2.24, 2.45) is 0 Å². The average Bonchev–Trinajstić information content (AvgIpc) is 2.59. The van der Waals surface area contributed by atoms with Crippen molar-refractivity contribution in [2.45, 2.75) is 19.8 Å². The van der Waals surface area contributed by atoms with E-state index in [-0.39, 0.29) is 5.78 Å². The van der Waals surface area contributed by atoms with E-state index in [2.05, 4.69) is 0 Å². The number of rotatable bonds is 4. The molecule has 3 rings (SSSR count). The van der Waals surface area contributed by atoms with Gasteiger partial charge in [-0.25, -0.2) is 0 Å². The largest absolute Gasteiger partial charge is 0.497 e. The molecule has 0 heterocycles. The van der Waals surface area contributed by atoms with Crippen molar-refractivity contribution in [3.05, 3.63) is 64.7 Å². The summed E-state index contributed by atoms with van der Waals surface area (Å²) >= 11 is 0. The quantitative estimate of drug-likeness (QED) is 0.790. The number of Topliss-reactive ketones (excluding diaryl/α,β-unsaturated/α-hetero) is 1. The predicted molar refractivity (Wildman–Crippen MR) is 91.2 cm³/mol. The fourth-order valence-corrected chi connectivity index (χ4v) is 2.89. The molecule has 0 aliphatic heterocycles. The fourth-order valence-electron chi connectivity index (χ4n) is 2.89. The van der Waals surface area contributed by atoms with E-state index >= 15 is 0 Å². The van der Waals surface area contributed by atoms with Gasteiger partial charge in [0.15, 0.2) is 5.78 Å². The number of hydrogen-bond donors (Lipinski definition) is 0. The standard InChI is InChI=1S/C20H20O3/c1-3-23-19-7-5-4-6-15(19)12-16-9-8-14-13-17(22-2)10-11-18(14)20(16)21/h4-7,10-13H,3,8-9H2,1-2H3/b16-12+. The number of allylic oxidation sites excluding steroid dienone is 1. The maximum absolute atomic E-state index is 12.7. The first-order valence-corrected chi connectivity index (χ1v) is 7.87. The predicted octanol–water partition coefficient (Wildman–Crippen LogP) is 4.31. The highest BCUT2D eigenvalue weighted by Gasteiger charge is 2.22. The number of aryl methyl sites for hydroxylation is 1. The average molecular weight is 308 g/mol. The number of para-hydroxylation sites is 1. The van der Waals surface area contributed by atoms with Gasteiger partial charge < -0.3 is 9.47 Å². The van der Waals surface area contributed by atoms with E-state index in [0.29, 0.717) is 6.61 Å². The van der Waals surface area contributed by atoms with Gasteiger partial charge in [0, 0.05) is 16.7 Å². The van der Waals surface area contributed by atoms with Gasteiger partial charge in [-0.15, -0.1) is 0 Å². The molecule has 0 radical (unpaired) electrons. The summed E-state index contributed by atoms with van der Waals surface area (Å²) in [5.41, 5.74) is 3.62. The summed E-state index contributed by atoms with van der Waals surface area (Å²) in [7, 11) is 1.64. The van der Waals surface area contributed by atoms with Crippen LogP contribution in [0.4, 0.5) is 0 Å². The van der Waals surface area contributed by atoms with Crippen LogP contribution in [0.3, 0.4) is 0 Å². The molecule has 0 unspecified atom stereocenters. The van der Waals surface area contributed by atoms with E-state index in [0.717, 1.165) is 46.6 Å². The Morgan fingerprint density at radius 3 is 2.74 bits per heavy atom. The lowest BCUT2D eigenvalue weighted by Crippen LogP contribution is -2.14. The Morgan fingerprint density at radius 1 is 1.13 bits per heavy atom. The van der Waals surface area contributed by atoms with Crippen molar-refractivity contribution in [1.29, 1.82) is 0 Å². The van der Waals surface area contributed by atoms with Gasteiger partial charge in [-0.1, -0.05) is 18.2 Å². The number of methoxy groups -OCH3 is 1. The van der Waals surface area contributed by atoms with Crippen molar-refractivity contribution in [3.8, 4) is 11.5 Å². The highest BCUT2D eigenvalue weighted by molar-refractivity contribution is 6.13. The topological polar surface area (TPSA) is 35.5 Å². The van der Waals surface area contributed by atoms with Crippen LogP contribution in [-0.4, -0.2) is 19.5 Å². The molecule has 0 fully saturated rings. The number of fused-ring (bicyclic) bond motifs is 1. The molecule has 0 amide bonds. The van der Waals surface area contributed by atoms with Crippen molar-refractivity contribution in [3.63, 3.8) is 0 Å². The highest BCUT2D eigenvalue weighted by atomic mass is 16.5. The van der Waals surface area contributed by atoms with Crippen molar-refractivity contribution < 1.29 is 14.3 Å². The van der Waals surface area contributed by atoms with Crippen LogP contribution in [-0.2, 0) is 6.42 Å². The molecule has 0 bridgehead atoms. The molecule has 0 aromatic heterocycles. The molecular weight excluding hydrogens is 288 g/mol. The molecule has 2 aromatic carbocycles. The second-order valence-electron chi connectivity index (χ2n) is 5.49. The fraction of sp³-hybridized carbons (Fsp3) is 0.250. The van der Waals surface area contributed by atoms with Crippen molar-refractivity contribution in [2.75, 3.05) is 13.7 Å². The number of hydrogen-bond acceptors (Lipinski definition) is 3. The number of carbonyl (C=O) groups is 1. The molecule has 3 heteroatoms. The number of ketones is 1. The summed E-state index contributed by atoms with van der Waals surface area (Å²) in [4.78, 5) is 12.7. The summed E-state index contributed by atoms with van der Waals surface area (Å²) in [5, 5.41) is 0. The van der Waals surface area contributed by atoms with Crippen molar-refractivity contribution >= 4 is 11.9 Å². The minimum Gasteiger partial charge on any atom is -0.497 e. The van der Waals surface area contributed by atoms with E-state index in [1.807, 2.05) is 55.5 Å².